The van der Waals surface area contributed by atoms with Crippen molar-refractivity contribution >= 4 is 28.6 Å². The van der Waals surface area contributed by atoms with Gasteiger partial charge in [0.2, 0.25) is 5.91 Å². The van der Waals surface area contributed by atoms with E-state index in [1.807, 2.05) is 24.3 Å². The molecule has 1 N–H and O–H groups in total. The Labute approximate surface area is 190 Å². The second-order valence-corrected chi connectivity index (χ2v) is 9.28. The van der Waals surface area contributed by atoms with Gasteiger partial charge in [-0.25, -0.2) is 14.4 Å². The number of nitrogens with zero attached hydrogens (tertiary/aromatic N) is 3. The first-order valence-corrected chi connectivity index (χ1v) is 11.8. The van der Waals surface area contributed by atoms with Gasteiger partial charge in [0.05, 0.1) is 25.3 Å². The molecule has 3 aromatic rings. The number of carbonyl (C=O) groups excluding carboxylic acids is 1. The van der Waals surface area contributed by atoms with Gasteiger partial charge in [-0.05, 0) is 36.6 Å². The molecule has 1 saturated heterocycles. The van der Waals surface area contributed by atoms with Crippen LogP contribution >= 0.6 is 11.8 Å². The van der Waals surface area contributed by atoms with Crippen molar-refractivity contribution in [2.75, 3.05) is 26.3 Å². The van der Waals surface area contributed by atoms with E-state index in [1.54, 1.807) is 12.1 Å². The molecule has 0 bridgehead atoms. The predicted molar refractivity (Wildman–Crippen MR) is 122 cm³/mol. The van der Waals surface area contributed by atoms with Gasteiger partial charge in [0, 0.05) is 24.5 Å². The number of hydrogen-bond donors (Lipinski definition) is 1. The summed E-state index contributed by atoms with van der Waals surface area (Å²) in [6.45, 7) is 3.75. The minimum atomic E-state index is -0.522. The number of carbonyl (C=O) groups is 1. The van der Waals surface area contributed by atoms with Crippen LogP contribution in [0.5, 0.6) is 0 Å². The van der Waals surface area contributed by atoms with Gasteiger partial charge >= 0.3 is 0 Å². The zero-order valence-corrected chi connectivity index (χ0v) is 18.5. The Hall–Kier alpha value is -2.55. The number of hydrogen-bond acceptors (Lipinski definition) is 6. The number of morpholine rings is 1. The molecule has 0 radical (unpaired) electrons. The molecule has 2 aliphatic rings. The van der Waals surface area contributed by atoms with Crippen molar-refractivity contribution in [1.29, 1.82) is 0 Å². The lowest BCUT2D eigenvalue weighted by Crippen LogP contribution is -2.36. The van der Waals surface area contributed by atoms with Crippen LogP contribution in [0, 0.1) is 5.82 Å². The summed E-state index contributed by atoms with van der Waals surface area (Å²) in [6, 6.07) is 14.3. The highest BCUT2D eigenvalue weighted by Crippen LogP contribution is 2.38. The molecule has 1 atom stereocenters. The number of rotatable bonds is 7. The molecular weight excluding hydrogens is 427 g/mol. The van der Waals surface area contributed by atoms with Crippen LogP contribution in [0.4, 0.5) is 4.39 Å². The first-order valence-electron chi connectivity index (χ1n) is 10.9. The van der Waals surface area contributed by atoms with Crippen LogP contribution in [0.25, 0.3) is 10.9 Å². The van der Waals surface area contributed by atoms with Crippen LogP contribution in [0.3, 0.4) is 0 Å². The molecule has 6 nitrogen and oxygen atoms in total. The van der Waals surface area contributed by atoms with Crippen molar-refractivity contribution in [1.82, 2.24) is 20.2 Å². The van der Waals surface area contributed by atoms with Gasteiger partial charge in [0.1, 0.15) is 21.9 Å². The van der Waals surface area contributed by atoms with Crippen molar-refractivity contribution in [2.24, 2.45) is 0 Å². The summed E-state index contributed by atoms with van der Waals surface area (Å²) >= 11 is 1.40. The van der Waals surface area contributed by atoms with Gasteiger partial charge in [-0.1, -0.05) is 42.1 Å². The molecule has 0 spiro atoms. The van der Waals surface area contributed by atoms with Gasteiger partial charge in [0.15, 0.2) is 0 Å². The molecule has 1 saturated carbocycles. The smallest absolute Gasteiger partial charge is 0.238 e. The Morgan fingerprint density at radius 1 is 1.12 bits per heavy atom. The molecule has 5 rings (SSSR count). The molecule has 2 fully saturated rings. The number of ether oxygens (including phenoxy) is 1. The maximum absolute atomic E-state index is 13.5. The molecule has 1 aliphatic carbocycles. The third-order valence-corrected chi connectivity index (χ3v) is 6.90. The Morgan fingerprint density at radius 2 is 1.88 bits per heavy atom. The van der Waals surface area contributed by atoms with Gasteiger partial charge < -0.3 is 10.1 Å². The Bertz CT molecular complexity index is 1100. The number of para-hydroxylation sites is 1. The Kier molecular flexibility index (Phi) is 6.34. The summed E-state index contributed by atoms with van der Waals surface area (Å²) < 4.78 is 19.0. The maximum Gasteiger partial charge on any atom is 0.238 e. The molecule has 1 aromatic heterocycles. The summed E-state index contributed by atoms with van der Waals surface area (Å²) in [5.41, 5.74) is 1.61. The van der Waals surface area contributed by atoms with E-state index in [2.05, 4.69) is 10.2 Å². The topological polar surface area (TPSA) is 67.4 Å². The number of benzene rings is 2. The predicted octanol–water partition coefficient (Wildman–Crippen LogP) is 3.71. The van der Waals surface area contributed by atoms with Crippen LogP contribution in [0.15, 0.2) is 53.6 Å². The van der Waals surface area contributed by atoms with E-state index >= 15 is 0 Å². The molecule has 166 valence electrons. The minimum absolute atomic E-state index is 0.0680. The average Bonchev–Trinajstić information content (AvgIpc) is 3.63. The lowest BCUT2D eigenvalue weighted by Gasteiger charge is -2.26. The quantitative estimate of drug-likeness (QED) is 0.435. The molecule has 8 heteroatoms. The van der Waals surface area contributed by atoms with E-state index in [0.717, 1.165) is 53.2 Å². The van der Waals surface area contributed by atoms with Crippen LogP contribution in [-0.2, 0) is 16.1 Å². The Morgan fingerprint density at radius 3 is 2.62 bits per heavy atom. The van der Waals surface area contributed by atoms with Gasteiger partial charge in [-0.15, -0.1) is 0 Å². The number of halogens is 1. The second kappa shape index (κ2) is 9.52. The normalized spacial score (nSPS) is 17.9. The third-order valence-electron chi connectivity index (χ3n) is 5.65. The molecule has 1 aliphatic heterocycles. The third kappa shape index (κ3) is 5.09. The van der Waals surface area contributed by atoms with Crippen LogP contribution in [-0.4, -0.2) is 53.1 Å². The minimum Gasteiger partial charge on any atom is -0.379 e. The largest absolute Gasteiger partial charge is 0.379 e. The van der Waals surface area contributed by atoms with E-state index in [0.29, 0.717) is 19.8 Å². The Balaban J connectivity index is 1.48. The fourth-order valence-electron chi connectivity index (χ4n) is 3.74. The first-order chi connectivity index (χ1) is 15.7. The van der Waals surface area contributed by atoms with Crippen LogP contribution in [0.2, 0.25) is 0 Å². The van der Waals surface area contributed by atoms with Gasteiger partial charge in [-0.3, -0.25) is 9.69 Å². The van der Waals surface area contributed by atoms with Crippen molar-refractivity contribution in [2.45, 2.75) is 35.7 Å². The average molecular weight is 453 g/mol. The standard InChI is InChI=1S/C24H25FN4O2S/c25-17-7-5-16(6-8-17)22(23(30)26-18-9-10-18)32-24-19-3-1-2-4-20(19)27-21(28-24)15-29-11-13-31-14-12-29/h1-8,18,22H,9-15H2,(H,26,30). The highest BCUT2D eigenvalue weighted by atomic mass is 32.2. The van der Waals surface area contributed by atoms with E-state index in [-0.39, 0.29) is 17.8 Å². The zero-order valence-electron chi connectivity index (χ0n) is 17.7. The molecule has 1 unspecified atom stereocenters. The molecule has 2 aromatic carbocycles. The van der Waals surface area contributed by atoms with Crippen molar-refractivity contribution in [3.05, 3.63) is 65.7 Å². The molecule has 1 amide bonds. The number of amides is 1. The highest BCUT2D eigenvalue weighted by molar-refractivity contribution is 8.00. The van der Waals surface area contributed by atoms with E-state index in [9.17, 15) is 9.18 Å². The van der Waals surface area contributed by atoms with Crippen molar-refractivity contribution < 1.29 is 13.9 Å². The maximum atomic E-state index is 13.5. The SMILES string of the molecule is O=C(NC1CC1)C(Sc1nc(CN2CCOCC2)nc2ccccc12)c1ccc(F)cc1. The summed E-state index contributed by atoms with van der Waals surface area (Å²) in [5, 5.41) is 4.25. The molecule has 32 heavy (non-hydrogen) atoms. The molecule has 2 heterocycles. The van der Waals surface area contributed by atoms with E-state index in [1.165, 1.54) is 23.9 Å². The van der Waals surface area contributed by atoms with Crippen molar-refractivity contribution in [3.8, 4) is 0 Å². The fourth-order valence-corrected chi connectivity index (χ4v) is 4.89. The van der Waals surface area contributed by atoms with E-state index in [4.69, 9.17) is 14.7 Å². The molecular formula is C24H25FN4O2S. The lowest BCUT2D eigenvalue weighted by molar-refractivity contribution is -0.120. The van der Waals surface area contributed by atoms with E-state index < -0.39 is 5.25 Å². The van der Waals surface area contributed by atoms with Gasteiger partial charge in [0.25, 0.3) is 0 Å². The summed E-state index contributed by atoms with van der Waals surface area (Å²) in [7, 11) is 0. The van der Waals surface area contributed by atoms with Gasteiger partial charge in [-0.2, -0.15) is 0 Å². The first kappa shape index (κ1) is 21.3. The number of fused-ring (bicyclic) bond motifs is 1. The fraction of sp³-hybridized carbons (Fsp3) is 0.375. The number of aromatic nitrogens is 2. The highest BCUT2D eigenvalue weighted by Gasteiger charge is 2.30. The number of nitrogens with one attached hydrogen (secondary N) is 1. The van der Waals surface area contributed by atoms with Crippen LogP contribution < -0.4 is 5.32 Å². The summed E-state index contributed by atoms with van der Waals surface area (Å²) in [6.07, 6.45) is 2.01. The van der Waals surface area contributed by atoms with Crippen LogP contribution in [0.1, 0.15) is 29.5 Å². The van der Waals surface area contributed by atoms with Crippen molar-refractivity contribution in [3.63, 3.8) is 0 Å². The monoisotopic (exact) mass is 452 g/mol. The summed E-state index contributed by atoms with van der Waals surface area (Å²) in [4.78, 5) is 25.0. The second-order valence-electron chi connectivity index (χ2n) is 8.18. The number of thioether (sulfide) groups is 1. The lowest BCUT2D eigenvalue weighted by atomic mass is 10.1. The summed E-state index contributed by atoms with van der Waals surface area (Å²) in [5.74, 6) is 0.343. The zero-order chi connectivity index (χ0) is 21.9.